The number of hydrogen-bond acceptors (Lipinski definition) is 8. The fraction of sp³-hybridized carbons (Fsp3) is 0.211. The van der Waals surface area contributed by atoms with Gasteiger partial charge in [0.2, 0.25) is 21.8 Å². The van der Waals surface area contributed by atoms with E-state index in [0.29, 0.717) is 17.4 Å². The maximum Gasteiger partial charge on any atom is 0.292 e. The predicted octanol–water partition coefficient (Wildman–Crippen LogP) is 2.22. The first-order chi connectivity index (χ1) is 15.1. The molecule has 168 valence electrons. The van der Waals surface area contributed by atoms with E-state index >= 15 is 0 Å². The summed E-state index contributed by atoms with van der Waals surface area (Å²) in [5, 5.41) is 18.3. The van der Waals surface area contributed by atoms with Crippen molar-refractivity contribution >= 4 is 55.8 Å². The van der Waals surface area contributed by atoms with Crippen LogP contribution in [0.2, 0.25) is 0 Å². The van der Waals surface area contributed by atoms with E-state index in [1.165, 1.54) is 47.4 Å². The zero-order chi connectivity index (χ0) is 23.5. The second-order valence-corrected chi connectivity index (χ2v) is 9.38. The Morgan fingerprint density at radius 3 is 2.50 bits per heavy atom. The molecule has 0 radical (unpaired) electrons. The number of para-hydroxylation sites is 2. The van der Waals surface area contributed by atoms with Gasteiger partial charge in [-0.25, -0.2) is 18.5 Å². The summed E-state index contributed by atoms with van der Waals surface area (Å²) in [6.07, 6.45) is -0.199. The molecule has 2 aromatic carbocycles. The van der Waals surface area contributed by atoms with Crippen molar-refractivity contribution in [3.05, 3.63) is 58.6 Å². The minimum Gasteiger partial charge on any atom is -0.320 e. The standard InChI is InChI=1S/C19H19N5O6S2/c1-2-23-18(26)16(11-17(25)22-14-5-3-4-6-15(14)24(27)28)31-19(23)21-12-7-9-13(10-8-12)32(20,29)30/h3-10,16H,2,11H2,1H3,(H,22,25)(H2,20,29,30)/t16-/m1/s1. The lowest BCUT2D eigenvalue weighted by molar-refractivity contribution is -0.383. The first-order valence-corrected chi connectivity index (χ1v) is 11.8. The molecule has 1 saturated heterocycles. The largest absolute Gasteiger partial charge is 0.320 e. The fourth-order valence-corrected chi connectivity index (χ4v) is 4.68. The third-order valence-electron chi connectivity index (χ3n) is 4.47. The average molecular weight is 478 g/mol. The zero-order valence-corrected chi connectivity index (χ0v) is 18.4. The van der Waals surface area contributed by atoms with Gasteiger partial charge in [-0.1, -0.05) is 23.9 Å². The minimum absolute atomic E-state index is 0.0501. The summed E-state index contributed by atoms with van der Waals surface area (Å²) < 4.78 is 22.7. The molecule has 0 spiro atoms. The molecule has 11 nitrogen and oxygen atoms in total. The molecular weight excluding hydrogens is 458 g/mol. The number of nitro benzene ring substituents is 1. The number of primary sulfonamides is 1. The number of carbonyl (C=O) groups is 2. The molecule has 0 aliphatic carbocycles. The number of sulfonamides is 1. The summed E-state index contributed by atoms with van der Waals surface area (Å²) in [5.74, 6) is -0.852. The second kappa shape index (κ2) is 9.46. The van der Waals surface area contributed by atoms with E-state index in [-0.39, 0.29) is 28.6 Å². The molecule has 2 amide bonds. The summed E-state index contributed by atoms with van der Waals surface area (Å²) in [4.78, 5) is 41.4. The van der Waals surface area contributed by atoms with E-state index in [9.17, 15) is 28.1 Å². The van der Waals surface area contributed by atoms with Crippen molar-refractivity contribution < 1.29 is 22.9 Å². The Bertz CT molecular complexity index is 1200. The lowest BCUT2D eigenvalue weighted by atomic mass is 10.2. The van der Waals surface area contributed by atoms with E-state index in [4.69, 9.17) is 5.14 Å². The number of carbonyl (C=O) groups excluding carboxylic acids is 2. The van der Waals surface area contributed by atoms with Gasteiger partial charge in [0.15, 0.2) is 5.17 Å². The molecule has 32 heavy (non-hydrogen) atoms. The minimum atomic E-state index is -3.83. The number of amides is 2. The Labute approximate surface area is 187 Å². The highest BCUT2D eigenvalue weighted by molar-refractivity contribution is 8.15. The molecule has 1 aliphatic rings. The molecule has 1 heterocycles. The Hall–Kier alpha value is -3.29. The molecule has 0 aromatic heterocycles. The average Bonchev–Trinajstić information content (AvgIpc) is 3.01. The van der Waals surface area contributed by atoms with Crippen LogP contribution in [0.5, 0.6) is 0 Å². The molecular formula is C19H19N5O6S2. The van der Waals surface area contributed by atoms with Gasteiger partial charge < -0.3 is 5.32 Å². The van der Waals surface area contributed by atoms with E-state index in [0.717, 1.165) is 11.8 Å². The monoisotopic (exact) mass is 477 g/mol. The van der Waals surface area contributed by atoms with Crippen LogP contribution < -0.4 is 10.5 Å². The van der Waals surface area contributed by atoms with Gasteiger partial charge >= 0.3 is 0 Å². The van der Waals surface area contributed by atoms with Crippen LogP contribution in [0.15, 0.2) is 58.4 Å². The number of nitrogens with one attached hydrogen (secondary N) is 1. The first kappa shape index (κ1) is 23.4. The summed E-state index contributed by atoms with van der Waals surface area (Å²) in [6, 6.07) is 11.3. The summed E-state index contributed by atoms with van der Waals surface area (Å²) in [5.41, 5.74) is 0.219. The summed E-state index contributed by atoms with van der Waals surface area (Å²) in [7, 11) is -3.83. The van der Waals surface area contributed by atoms with Crippen molar-refractivity contribution in [2.45, 2.75) is 23.5 Å². The summed E-state index contributed by atoms with van der Waals surface area (Å²) >= 11 is 1.09. The van der Waals surface area contributed by atoms with Gasteiger partial charge in [0.1, 0.15) is 10.9 Å². The highest BCUT2D eigenvalue weighted by atomic mass is 32.2. The zero-order valence-electron chi connectivity index (χ0n) is 16.8. The number of anilines is 1. The highest BCUT2D eigenvalue weighted by Gasteiger charge is 2.38. The van der Waals surface area contributed by atoms with Gasteiger partial charge in [0.05, 0.1) is 15.5 Å². The van der Waals surface area contributed by atoms with Crippen LogP contribution in [0, 0.1) is 10.1 Å². The molecule has 0 unspecified atom stereocenters. The Morgan fingerprint density at radius 2 is 1.91 bits per heavy atom. The number of hydrogen-bond donors (Lipinski definition) is 2. The number of amidine groups is 1. The maximum atomic E-state index is 12.7. The van der Waals surface area contributed by atoms with E-state index < -0.39 is 26.1 Å². The van der Waals surface area contributed by atoms with Crippen LogP contribution in [0.1, 0.15) is 13.3 Å². The molecule has 1 aliphatic heterocycles. The smallest absolute Gasteiger partial charge is 0.292 e. The van der Waals surface area contributed by atoms with Crippen molar-refractivity contribution in [1.29, 1.82) is 0 Å². The van der Waals surface area contributed by atoms with Crippen LogP contribution >= 0.6 is 11.8 Å². The third-order valence-corrected chi connectivity index (χ3v) is 6.58. The number of nitrogens with zero attached hydrogens (tertiary/aromatic N) is 3. The molecule has 13 heteroatoms. The number of nitrogens with two attached hydrogens (primary N) is 1. The lowest BCUT2D eigenvalue weighted by Gasteiger charge is -2.13. The molecule has 3 rings (SSSR count). The van der Waals surface area contributed by atoms with Crippen LogP contribution in [0.25, 0.3) is 0 Å². The van der Waals surface area contributed by atoms with Crippen LogP contribution in [0.4, 0.5) is 17.1 Å². The van der Waals surface area contributed by atoms with E-state index in [1.807, 2.05) is 0 Å². The van der Waals surface area contributed by atoms with Crippen LogP contribution in [-0.4, -0.2) is 47.0 Å². The van der Waals surface area contributed by atoms with E-state index in [1.54, 1.807) is 13.0 Å². The maximum absolute atomic E-state index is 12.7. The molecule has 3 N–H and O–H groups in total. The Balaban J connectivity index is 1.74. The normalized spacial score (nSPS) is 17.6. The quantitative estimate of drug-likeness (QED) is 0.456. The van der Waals surface area contributed by atoms with Crippen LogP contribution in [0.3, 0.4) is 0 Å². The van der Waals surface area contributed by atoms with Crippen molar-refractivity contribution in [2.24, 2.45) is 10.1 Å². The van der Waals surface area contributed by atoms with Gasteiger partial charge in [-0.3, -0.25) is 24.6 Å². The number of thioether (sulfide) groups is 1. The number of benzene rings is 2. The molecule has 2 aromatic rings. The van der Waals surface area contributed by atoms with Crippen LogP contribution in [-0.2, 0) is 19.6 Å². The predicted molar refractivity (Wildman–Crippen MR) is 120 cm³/mol. The van der Waals surface area contributed by atoms with Gasteiger partial charge in [0.25, 0.3) is 5.69 Å². The van der Waals surface area contributed by atoms with Gasteiger partial charge in [-0.2, -0.15) is 0 Å². The Kier molecular flexibility index (Phi) is 6.91. The second-order valence-electron chi connectivity index (χ2n) is 6.65. The van der Waals surface area contributed by atoms with Crippen molar-refractivity contribution in [1.82, 2.24) is 4.90 Å². The summed E-state index contributed by atoms with van der Waals surface area (Å²) in [6.45, 7) is 2.08. The third kappa shape index (κ3) is 5.30. The molecule has 0 bridgehead atoms. The van der Waals surface area contributed by atoms with E-state index in [2.05, 4.69) is 10.3 Å². The number of nitro groups is 1. The fourth-order valence-electron chi connectivity index (χ4n) is 2.95. The van der Waals surface area contributed by atoms with Crippen molar-refractivity contribution in [3.63, 3.8) is 0 Å². The SMILES string of the molecule is CCN1C(=O)[C@@H](CC(=O)Nc2ccccc2[N+](=O)[O-])SC1=Nc1ccc(S(N)(=O)=O)cc1. The van der Waals surface area contributed by atoms with Gasteiger partial charge in [-0.15, -0.1) is 0 Å². The van der Waals surface area contributed by atoms with Gasteiger partial charge in [0, 0.05) is 19.0 Å². The topological polar surface area (TPSA) is 165 Å². The van der Waals surface area contributed by atoms with Gasteiger partial charge in [-0.05, 0) is 37.3 Å². The number of rotatable bonds is 7. The molecule has 0 saturated carbocycles. The first-order valence-electron chi connectivity index (χ1n) is 9.33. The lowest BCUT2D eigenvalue weighted by Crippen LogP contribution is -2.33. The molecule has 1 fully saturated rings. The number of aliphatic imine (C=N–C) groups is 1. The molecule has 1 atom stereocenters. The van der Waals surface area contributed by atoms with Crippen molar-refractivity contribution in [3.8, 4) is 0 Å². The van der Waals surface area contributed by atoms with Crippen molar-refractivity contribution in [2.75, 3.05) is 11.9 Å². The Morgan fingerprint density at radius 1 is 1.25 bits per heavy atom. The highest BCUT2D eigenvalue weighted by Crippen LogP contribution is 2.32.